The molecule has 0 N–H and O–H groups in total. The lowest BCUT2D eigenvalue weighted by Crippen LogP contribution is -2.23. The molecule has 0 amide bonds. The van der Waals surface area contributed by atoms with Crippen LogP contribution in [0.3, 0.4) is 0 Å². The van der Waals surface area contributed by atoms with Gasteiger partial charge in [-0.15, -0.1) is 0 Å². The monoisotopic (exact) mass is 213 g/mol. The van der Waals surface area contributed by atoms with E-state index in [1.807, 2.05) is 13.0 Å². The van der Waals surface area contributed by atoms with Gasteiger partial charge in [0.25, 0.3) is 5.56 Å². The first-order valence-corrected chi connectivity index (χ1v) is 5.24. The van der Waals surface area contributed by atoms with Crippen molar-refractivity contribution in [2.75, 3.05) is 19.0 Å². The van der Waals surface area contributed by atoms with E-state index in [1.165, 1.54) is 0 Å². The van der Waals surface area contributed by atoms with Crippen molar-refractivity contribution in [2.45, 2.75) is 13.5 Å². The Morgan fingerprint density at radius 1 is 1.43 bits per heavy atom. The average molecular weight is 213 g/mol. The van der Waals surface area contributed by atoms with Gasteiger partial charge < -0.3 is 9.30 Å². The fourth-order valence-corrected chi connectivity index (χ4v) is 1.36. The van der Waals surface area contributed by atoms with Gasteiger partial charge in [-0.1, -0.05) is 6.07 Å². The first kappa shape index (κ1) is 11.3. The smallest absolute Gasteiger partial charge is 0.250 e. The van der Waals surface area contributed by atoms with Gasteiger partial charge in [-0.2, -0.15) is 12.6 Å². The van der Waals surface area contributed by atoms with Crippen LogP contribution in [0.15, 0.2) is 23.0 Å². The normalized spacial score (nSPS) is 10.4. The Balaban J connectivity index is 2.54. The van der Waals surface area contributed by atoms with Gasteiger partial charge in [0.1, 0.15) is 0 Å². The summed E-state index contributed by atoms with van der Waals surface area (Å²) in [5, 5.41) is 0. The molecule has 0 aliphatic rings. The summed E-state index contributed by atoms with van der Waals surface area (Å²) < 4.78 is 6.97. The summed E-state index contributed by atoms with van der Waals surface area (Å²) in [4.78, 5) is 11.4. The molecule has 0 aliphatic carbocycles. The second-order valence-corrected chi connectivity index (χ2v) is 3.44. The Morgan fingerprint density at radius 2 is 2.21 bits per heavy atom. The van der Waals surface area contributed by atoms with Crippen molar-refractivity contribution in [1.82, 2.24) is 4.57 Å². The first-order valence-electron chi connectivity index (χ1n) is 4.61. The van der Waals surface area contributed by atoms with E-state index in [0.29, 0.717) is 25.5 Å². The number of hydrogen-bond acceptors (Lipinski definition) is 3. The summed E-state index contributed by atoms with van der Waals surface area (Å²) in [6.45, 7) is 3.72. The molecule has 0 saturated heterocycles. The number of aromatic nitrogens is 1. The van der Waals surface area contributed by atoms with E-state index >= 15 is 0 Å². The molecule has 0 atom stereocenters. The van der Waals surface area contributed by atoms with Crippen LogP contribution in [-0.4, -0.2) is 23.5 Å². The van der Waals surface area contributed by atoms with Gasteiger partial charge in [0, 0.05) is 24.1 Å². The maximum atomic E-state index is 11.4. The van der Waals surface area contributed by atoms with Crippen LogP contribution in [0.5, 0.6) is 0 Å². The van der Waals surface area contributed by atoms with Gasteiger partial charge in [-0.25, -0.2) is 0 Å². The summed E-state index contributed by atoms with van der Waals surface area (Å²) in [6.07, 6.45) is 0. The van der Waals surface area contributed by atoms with E-state index in [9.17, 15) is 4.79 Å². The van der Waals surface area contributed by atoms with Crippen LogP contribution in [0, 0.1) is 6.92 Å². The first-order chi connectivity index (χ1) is 6.75. The summed E-state index contributed by atoms with van der Waals surface area (Å²) in [6, 6.07) is 5.24. The molecule has 0 unspecified atom stereocenters. The van der Waals surface area contributed by atoms with Gasteiger partial charge >= 0.3 is 0 Å². The van der Waals surface area contributed by atoms with Gasteiger partial charge in [0.2, 0.25) is 0 Å². The third kappa shape index (κ3) is 3.20. The second kappa shape index (κ2) is 5.88. The minimum Gasteiger partial charge on any atom is -0.379 e. The number of aryl methyl sites for hydroxylation is 1. The molecule has 78 valence electrons. The van der Waals surface area contributed by atoms with E-state index in [4.69, 9.17) is 4.74 Å². The lowest BCUT2D eigenvalue weighted by molar-refractivity contribution is 0.140. The van der Waals surface area contributed by atoms with Crippen LogP contribution >= 0.6 is 12.6 Å². The maximum Gasteiger partial charge on any atom is 0.250 e. The van der Waals surface area contributed by atoms with Crippen LogP contribution in [-0.2, 0) is 11.3 Å². The Labute approximate surface area is 89.1 Å². The molecule has 1 rings (SSSR count). The SMILES string of the molecule is Cc1cccc(=O)n1CCOCCS. The highest BCUT2D eigenvalue weighted by atomic mass is 32.1. The number of thiol groups is 1. The van der Waals surface area contributed by atoms with Crippen LogP contribution in [0.1, 0.15) is 5.69 Å². The average Bonchev–Trinajstić information content (AvgIpc) is 2.16. The number of hydrogen-bond donors (Lipinski definition) is 1. The van der Waals surface area contributed by atoms with Crippen molar-refractivity contribution >= 4 is 12.6 Å². The van der Waals surface area contributed by atoms with E-state index in [1.54, 1.807) is 16.7 Å². The zero-order chi connectivity index (χ0) is 10.4. The van der Waals surface area contributed by atoms with Gasteiger partial charge in [-0.05, 0) is 13.0 Å². The fraction of sp³-hybridized carbons (Fsp3) is 0.500. The quantitative estimate of drug-likeness (QED) is 0.586. The summed E-state index contributed by atoms with van der Waals surface area (Å²) in [5.41, 5.74) is 0.992. The topological polar surface area (TPSA) is 31.2 Å². The summed E-state index contributed by atoms with van der Waals surface area (Å²) in [7, 11) is 0. The molecule has 0 radical (unpaired) electrons. The molecule has 4 heteroatoms. The van der Waals surface area contributed by atoms with E-state index in [2.05, 4.69) is 12.6 Å². The predicted octanol–water partition coefficient (Wildman–Crippen LogP) is 1.10. The molecule has 1 heterocycles. The minimum atomic E-state index is 0.0273. The Morgan fingerprint density at radius 3 is 2.86 bits per heavy atom. The number of ether oxygens (including phenoxy) is 1. The van der Waals surface area contributed by atoms with Gasteiger partial charge in [0.15, 0.2) is 0 Å². The lowest BCUT2D eigenvalue weighted by atomic mass is 10.3. The molecule has 3 nitrogen and oxygen atoms in total. The van der Waals surface area contributed by atoms with Crippen LogP contribution in [0.2, 0.25) is 0 Å². The van der Waals surface area contributed by atoms with E-state index in [0.717, 1.165) is 5.69 Å². The zero-order valence-electron chi connectivity index (χ0n) is 8.27. The van der Waals surface area contributed by atoms with E-state index in [-0.39, 0.29) is 5.56 Å². The molecule has 14 heavy (non-hydrogen) atoms. The number of pyridine rings is 1. The Kier molecular flexibility index (Phi) is 4.76. The molecule has 0 aromatic carbocycles. The molecule has 0 bridgehead atoms. The van der Waals surface area contributed by atoms with Crippen LogP contribution in [0.4, 0.5) is 0 Å². The van der Waals surface area contributed by atoms with Gasteiger partial charge in [0.05, 0.1) is 13.2 Å². The Hall–Kier alpha value is -0.740. The van der Waals surface area contributed by atoms with Crippen molar-refractivity contribution in [3.8, 4) is 0 Å². The van der Waals surface area contributed by atoms with Crippen molar-refractivity contribution in [2.24, 2.45) is 0 Å². The third-order valence-corrected chi connectivity index (χ3v) is 2.15. The van der Waals surface area contributed by atoms with Gasteiger partial charge in [-0.3, -0.25) is 4.79 Å². The van der Waals surface area contributed by atoms with Crippen molar-refractivity contribution in [1.29, 1.82) is 0 Å². The highest BCUT2D eigenvalue weighted by Gasteiger charge is 1.97. The predicted molar refractivity (Wildman–Crippen MR) is 60.1 cm³/mol. The third-order valence-electron chi connectivity index (χ3n) is 1.96. The minimum absolute atomic E-state index is 0.0273. The highest BCUT2D eigenvalue weighted by molar-refractivity contribution is 7.80. The van der Waals surface area contributed by atoms with Crippen molar-refractivity contribution in [3.05, 3.63) is 34.2 Å². The summed E-state index contributed by atoms with van der Waals surface area (Å²) >= 11 is 4.03. The largest absolute Gasteiger partial charge is 0.379 e. The molecule has 0 saturated carbocycles. The molecule has 0 aliphatic heterocycles. The fourth-order valence-electron chi connectivity index (χ4n) is 1.23. The molecular formula is C10H15NO2S. The Bertz CT molecular complexity index is 335. The number of nitrogens with zero attached hydrogens (tertiary/aromatic N) is 1. The van der Waals surface area contributed by atoms with E-state index < -0.39 is 0 Å². The zero-order valence-corrected chi connectivity index (χ0v) is 9.17. The number of rotatable bonds is 5. The lowest BCUT2D eigenvalue weighted by Gasteiger charge is -2.08. The molecule has 1 aromatic heterocycles. The summed E-state index contributed by atoms with van der Waals surface area (Å²) in [5.74, 6) is 0.711. The van der Waals surface area contributed by atoms with Crippen LogP contribution in [0.25, 0.3) is 0 Å². The molecule has 0 fully saturated rings. The standard InChI is InChI=1S/C10H15NO2S/c1-9-3-2-4-10(12)11(9)5-6-13-7-8-14/h2-4,14H,5-8H2,1H3. The van der Waals surface area contributed by atoms with Crippen molar-refractivity contribution < 1.29 is 4.74 Å². The highest BCUT2D eigenvalue weighted by Crippen LogP contribution is 1.93. The molecular weight excluding hydrogens is 198 g/mol. The van der Waals surface area contributed by atoms with Crippen LogP contribution < -0.4 is 5.56 Å². The molecule has 0 spiro atoms. The van der Waals surface area contributed by atoms with Crippen molar-refractivity contribution in [3.63, 3.8) is 0 Å². The maximum absolute atomic E-state index is 11.4. The molecule has 1 aromatic rings. The second-order valence-electron chi connectivity index (χ2n) is 2.99.